The molecular formula is C21H20N4O4. The smallest absolute Gasteiger partial charge is 0.329 e. The molecule has 1 aliphatic carbocycles. The molecule has 1 saturated heterocycles. The number of urea groups is 1. The molecular weight excluding hydrogens is 372 g/mol. The first-order valence-electron chi connectivity index (χ1n) is 9.35. The third kappa shape index (κ3) is 3.72. The molecule has 1 N–H and O–H groups in total. The Kier molecular flexibility index (Phi) is 4.59. The van der Waals surface area contributed by atoms with Gasteiger partial charge in [-0.3, -0.25) is 15.0 Å². The van der Waals surface area contributed by atoms with Gasteiger partial charge >= 0.3 is 6.03 Å². The van der Waals surface area contributed by atoms with Crippen LogP contribution >= 0.6 is 0 Å². The maximum absolute atomic E-state index is 12.1. The Morgan fingerprint density at radius 2 is 2.07 bits per heavy atom. The molecule has 1 saturated carbocycles. The van der Waals surface area contributed by atoms with Crippen LogP contribution in [0.4, 0.5) is 10.5 Å². The molecule has 1 aliphatic heterocycles. The molecule has 8 nitrogen and oxygen atoms in total. The number of rotatable bonds is 6. The first-order chi connectivity index (χ1) is 13.9. The highest BCUT2D eigenvalue weighted by Gasteiger charge is 2.46. The van der Waals surface area contributed by atoms with E-state index >= 15 is 0 Å². The number of hydrogen-bond acceptors (Lipinski definition) is 6. The number of carbonyl (C=O) groups is 2. The van der Waals surface area contributed by atoms with E-state index in [1.54, 1.807) is 44.2 Å². The van der Waals surface area contributed by atoms with Crippen molar-refractivity contribution in [1.82, 2.24) is 10.3 Å². The van der Waals surface area contributed by atoms with Crippen molar-refractivity contribution >= 4 is 17.6 Å². The highest BCUT2D eigenvalue weighted by Crippen LogP contribution is 2.33. The molecule has 0 radical (unpaired) electrons. The van der Waals surface area contributed by atoms with Gasteiger partial charge in [0.2, 0.25) is 5.88 Å². The van der Waals surface area contributed by atoms with E-state index in [0.717, 1.165) is 12.8 Å². The Balaban J connectivity index is 1.50. The van der Waals surface area contributed by atoms with Crippen LogP contribution in [0.15, 0.2) is 36.5 Å². The summed E-state index contributed by atoms with van der Waals surface area (Å²) in [4.78, 5) is 29.6. The zero-order valence-electron chi connectivity index (χ0n) is 16.1. The lowest BCUT2D eigenvalue weighted by atomic mass is 10.0. The summed E-state index contributed by atoms with van der Waals surface area (Å²) in [6.45, 7) is 3.92. The van der Waals surface area contributed by atoms with E-state index in [1.165, 1.54) is 11.1 Å². The zero-order valence-corrected chi connectivity index (χ0v) is 16.1. The van der Waals surface area contributed by atoms with E-state index in [2.05, 4.69) is 16.4 Å². The Morgan fingerprint density at radius 3 is 2.66 bits per heavy atom. The molecule has 4 rings (SSSR count). The first-order valence-corrected chi connectivity index (χ1v) is 9.35. The van der Waals surface area contributed by atoms with Gasteiger partial charge in [0.15, 0.2) is 0 Å². The Labute approximate surface area is 168 Å². The summed E-state index contributed by atoms with van der Waals surface area (Å²) >= 11 is 0. The quantitative estimate of drug-likeness (QED) is 0.756. The van der Waals surface area contributed by atoms with Crippen molar-refractivity contribution in [2.75, 3.05) is 11.5 Å². The molecule has 0 spiro atoms. The average molecular weight is 392 g/mol. The summed E-state index contributed by atoms with van der Waals surface area (Å²) in [7, 11) is 0. The van der Waals surface area contributed by atoms with Crippen LogP contribution < -0.4 is 19.7 Å². The zero-order chi connectivity index (χ0) is 20.6. The molecule has 2 fully saturated rings. The number of amides is 3. The number of nitriles is 1. The van der Waals surface area contributed by atoms with Gasteiger partial charge in [0.05, 0.1) is 24.1 Å². The number of anilines is 1. The Morgan fingerprint density at radius 1 is 1.28 bits per heavy atom. The SMILES string of the molecule is CC1(C)C(=O)NC(=O)N1c1ccc(Oc2ccc(C#N)c(OCC3CC3)c2)nc1. The molecule has 2 aliphatic rings. The number of hydrogen-bond donors (Lipinski definition) is 1. The summed E-state index contributed by atoms with van der Waals surface area (Å²) in [5.74, 6) is 1.50. The molecule has 29 heavy (non-hydrogen) atoms. The fourth-order valence-electron chi connectivity index (χ4n) is 3.06. The van der Waals surface area contributed by atoms with Crippen LogP contribution in [0.25, 0.3) is 0 Å². The normalized spacial score (nSPS) is 17.6. The summed E-state index contributed by atoms with van der Waals surface area (Å²) in [6, 6.07) is 9.91. The van der Waals surface area contributed by atoms with Gasteiger partial charge in [0.1, 0.15) is 23.1 Å². The fourth-order valence-corrected chi connectivity index (χ4v) is 3.06. The van der Waals surface area contributed by atoms with Crippen LogP contribution in [0.5, 0.6) is 17.4 Å². The predicted molar refractivity (Wildman–Crippen MR) is 104 cm³/mol. The van der Waals surface area contributed by atoms with Gasteiger partial charge in [0, 0.05) is 12.1 Å². The lowest BCUT2D eigenvalue weighted by Gasteiger charge is -2.27. The first kappa shape index (κ1) is 18.7. The Hall–Kier alpha value is -3.60. The number of ether oxygens (including phenoxy) is 2. The number of aromatic nitrogens is 1. The molecule has 3 amide bonds. The maximum atomic E-state index is 12.1. The number of nitrogens with zero attached hydrogens (tertiary/aromatic N) is 3. The van der Waals surface area contributed by atoms with E-state index in [0.29, 0.717) is 41.2 Å². The highest BCUT2D eigenvalue weighted by atomic mass is 16.5. The average Bonchev–Trinajstić information content (AvgIpc) is 3.49. The summed E-state index contributed by atoms with van der Waals surface area (Å²) < 4.78 is 11.5. The number of carbonyl (C=O) groups excluding carboxylic acids is 2. The van der Waals surface area contributed by atoms with Gasteiger partial charge in [0.25, 0.3) is 5.91 Å². The molecule has 2 aromatic rings. The minimum absolute atomic E-state index is 0.315. The van der Waals surface area contributed by atoms with Crippen molar-refractivity contribution in [3.63, 3.8) is 0 Å². The maximum Gasteiger partial charge on any atom is 0.329 e. The van der Waals surface area contributed by atoms with Crippen LogP contribution in [0.3, 0.4) is 0 Å². The predicted octanol–water partition coefficient (Wildman–Crippen LogP) is 3.37. The van der Waals surface area contributed by atoms with Crippen LogP contribution in [-0.4, -0.2) is 29.1 Å². The second-order valence-corrected chi connectivity index (χ2v) is 7.63. The van der Waals surface area contributed by atoms with Crippen molar-refractivity contribution in [3.8, 4) is 23.4 Å². The van der Waals surface area contributed by atoms with Gasteiger partial charge < -0.3 is 9.47 Å². The molecule has 8 heteroatoms. The van der Waals surface area contributed by atoms with Crippen molar-refractivity contribution < 1.29 is 19.1 Å². The molecule has 0 atom stereocenters. The second kappa shape index (κ2) is 7.09. The van der Waals surface area contributed by atoms with Gasteiger partial charge in [-0.1, -0.05) is 0 Å². The van der Waals surface area contributed by atoms with Crippen LogP contribution in [0.1, 0.15) is 32.3 Å². The highest BCUT2D eigenvalue weighted by molar-refractivity contribution is 6.16. The molecule has 0 unspecified atom stereocenters. The molecule has 0 bridgehead atoms. The van der Waals surface area contributed by atoms with E-state index in [4.69, 9.17) is 9.47 Å². The van der Waals surface area contributed by atoms with Gasteiger partial charge in [-0.15, -0.1) is 0 Å². The monoisotopic (exact) mass is 392 g/mol. The van der Waals surface area contributed by atoms with Gasteiger partial charge in [-0.05, 0) is 50.8 Å². The lowest BCUT2D eigenvalue weighted by Crippen LogP contribution is -2.44. The van der Waals surface area contributed by atoms with E-state index in [9.17, 15) is 14.9 Å². The third-order valence-corrected chi connectivity index (χ3v) is 4.98. The standard InChI is InChI=1S/C21H20N4O4/c1-21(2)19(26)24-20(27)25(21)15-6-8-18(23-11-15)29-16-7-5-14(10-22)17(9-16)28-12-13-3-4-13/h5-9,11,13H,3-4,12H2,1-2H3,(H,24,26,27). The van der Waals surface area contributed by atoms with Crippen molar-refractivity contribution in [1.29, 1.82) is 5.26 Å². The second-order valence-electron chi connectivity index (χ2n) is 7.63. The number of pyridine rings is 1. The van der Waals surface area contributed by atoms with Crippen LogP contribution in [-0.2, 0) is 4.79 Å². The van der Waals surface area contributed by atoms with Crippen LogP contribution in [0, 0.1) is 17.2 Å². The Bertz CT molecular complexity index is 1010. The van der Waals surface area contributed by atoms with Crippen molar-refractivity contribution in [2.45, 2.75) is 32.2 Å². The minimum atomic E-state index is -0.998. The van der Waals surface area contributed by atoms with E-state index < -0.39 is 11.6 Å². The van der Waals surface area contributed by atoms with Gasteiger partial charge in [-0.25, -0.2) is 9.78 Å². The summed E-state index contributed by atoms with van der Waals surface area (Å²) in [5, 5.41) is 11.6. The van der Waals surface area contributed by atoms with Gasteiger partial charge in [-0.2, -0.15) is 5.26 Å². The van der Waals surface area contributed by atoms with Crippen LogP contribution in [0.2, 0.25) is 0 Å². The summed E-state index contributed by atoms with van der Waals surface area (Å²) in [6.07, 6.45) is 3.79. The third-order valence-electron chi connectivity index (χ3n) is 4.98. The number of nitrogens with one attached hydrogen (secondary N) is 1. The van der Waals surface area contributed by atoms with Crippen molar-refractivity contribution in [2.24, 2.45) is 5.92 Å². The van der Waals surface area contributed by atoms with Crippen molar-refractivity contribution in [3.05, 3.63) is 42.1 Å². The molecule has 148 valence electrons. The molecule has 1 aromatic heterocycles. The largest absolute Gasteiger partial charge is 0.492 e. The molecule has 2 heterocycles. The number of benzene rings is 1. The van der Waals surface area contributed by atoms with E-state index in [1.807, 2.05) is 0 Å². The lowest BCUT2D eigenvalue weighted by molar-refractivity contribution is -0.122. The fraction of sp³-hybridized carbons (Fsp3) is 0.333. The molecule has 1 aromatic carbocycles. The topological polar surface area (TPSA) is 105 Å². The number of imide groups is 1. The van der Waals surface area contributed by atoms with E-state index in [-0.39, 0.29) is 5.91 Å². The minimum Gasteiger partial charge on any atom is -0.492 e. The summed E-state index contributed by atoms with van der Waals surface area (Å²) in [5.41, 5.74) is -0.0607.